The maximum Gasteiger partial charge on any atom is 0.461 e. The smallest absolute Gasteiger partial charge is 0.287 e. The van der Waals surface area contributed by atoms with Crippen molar-refractivity contribution >= 4 is 17.4 Å². The summed E-state index contributed by atoms with van der Waals surface area (Å²) in [5.41, 5.74) is -3.12. The molecule has 0 amide bonds. The normalized spacial score (nSPS) is 13.4. The first-order chi connectivity index (χ1) is 8.78. The largest absolute Gasteiger partial charge is 0.461 e. The van der Waals surface area contributed by atoms with Gasteiger partial charge in [0.2, 0.25) is 5.78 Å². The number of carbonyl (C=O) groups excluding carboxylic acids is 1. The lowest BCUT2D eigenvalue weighted by molar-refractivity contribution is -0.255. The van der Waals surface area contributed by atoms with Crippen molar-refractivity contribution in [1.82, 2.24) is 0 Å². The molecule has 20 heavy (non-hydrogen) atoms. The van der Waals surface area contributed by atoms with Crippen LogP contribution in [0.15, 0.2) is 18.2 Å². The van der Waals surface area contributed by atoms with Crippen LogP contribution in [0.2, 0.25) is 5.02 Å². The Balaban J connectivity index is 3.33. The highest BCUT2D eigenvalue weighted by molar-refractivity contribution is 6.31. The molecular weight excluding hydrogens is 324 g/mol. The zero-order valence-corrected chi connectivity index (χ0v) is 9.80. The summed E-state index contributed by atoms with van der Waals surface area (Å²) in [6, 6.07) is 0.633. The molecule has 0 fully saturated rings. The summed E-state index contributed by atoms with van der Waals surface area (Å²) in [4.78, 5) is 11.0. The van der Waals surface area contributed by atoms with Gasteiger partial charge in [-0.3, -0.25) is 4.79 Å². The van der Waals surface area contributed by atoms with Crippen LogP contribution in [0.4, 0.5) is 35.1 Å². The maximum absolute atomic E-state index is 12.7. The van der Waals surface area contributed by atoms with Crippen molar-refractivity contribution in [2.75, 3.05) is 0 Å². The molecule has 112 valence electrons. The van der Waals surface area contributed by atoms with Crippen molar-refractivity contribution in [2.45, 2.75) is 18.3 Å². The molecule has 0 saturated heterocycles. The monoisotopic (exact) mass is 326 g/mol. The van der Waals surface area contributed by atoms with Crippen LogP contribution in [0.25, 0.3) is 0 Å². The first kappa shape index (κ1) is 16.7. The summed E-state index contributed by atoms with van der Waals surface area (Å²) < 4.78 is 98.6. The van der Waals surface area contributed by atoms with E-state index >= 15 is 0 Å². The van der Waals surface area contributed by atoms with E-state index in [2.05, 4.69) is 0 Å². The van der Waals surface area contributed by atoms with Crippen LogP contribution in [0.1, 0.15) is 15.9 Å². The van der Waals surface area contributed by atoms with Gasteiger partial charge in [0.25, 0.3) is 0 Å². The number of alkyl halides is 8. The van der Waals surface area contributed by atoms with Gasteiger partial charge >= 0.3 is 18.3 Å². The summed E-state index contributed by atoms with van der Waals surface area (Å²) in [7, 11) is 0. The first-order valence-corrected chi connectivity index (χ1v) is 5.02. The summed E-state index contributed by atoms with van der Waals surface area (Å²) in [6.07, 6.45) is -11.3. The predicted molar refractivity (Wildman–Crippen MR) is 51.8 cm³/mol. The first-order valence-electron chi connectivity index (χ1n) is 4.64. The Labute approximate surface area is 111 Å². The topological polar surface area (TPSA) is 17.1 Å². The molecule has 0 spiro atoms. The predicted octanol–water partition coefficient (Wildman–Crippen LogP) is 4.74. The third-order valence-corrected chi connectivity index (χ3v) is 2.50. The maximum atomic E-state index is 12.7. The summed E-state index contributed by atoms with van der Waals surface area (Å²) in [6.45, 7) is 0. The summed E-state index contributed by atoms with van der Waals surface area (Å²) in [5.74, 6) is -8.57. The van der Waals surface area contributed by atoms with Gasteiger partial charge in [0.1, 0.15) is 0 Å². The van der Waals surface area contributed by atoms with E-state index in [0.29, 0.717) is 12.1 Å². The molecule has 0 heterocycles. The Morgan fingerprint density at radius 3 is 1.85 bits per heavy atom. The summed E-state index contributed by atoms with van der Waals surface area (Å²) in [5, 5.41) is -0.927. The molecule has 0 aliphatic heterocycles. The van der Waals surface area contributed by atoms with Gasteiger partial charge in [-0.2, -0.15) is 35.1 Å². The number of Topliss-reactive ketones (excluding diaryl/α,β-unsaturated/α-hetero) is 1. The second kappa shape index (κ2) is 4.87. The van der Waals surface area contributed by atoms with Gasteiger partial charge in [0.05, 0.1) is 10.6 Å². The number of carbonyl (C=O) groups is 1. The average molecular weight is 327 g/mol. The number of benzene rings is 1. The molecule has 1 aromatic carbocycles. The lowest BCUT2D eigenvalue weighted by Gasteiger charge is -2.19. The Bertz CT molecular complexity index is 531. The van der Waals surface area contributed by atoms with Crippen LogP contribution < -0.4 is 0 Å². The second-order valence-electron chi connectivity index (χ2n) is 3.59. The van der Waals surface area contributed by atoms with Crippen LogP contribution in [-0.4, -0.2) is 17.9 Å². The van der Waals surface area contributed by atoms with Crippen LogP contribution in [0, 0.1) is 0 Å². The molecule has 1 rings (SSSR count). The van der Waals surface area contributed by atoms with E-state index < -0.39 is 40.2 Å². The van der Waals surface area contributed by atoms with Gasteiger partial charge in [0, 0.05) is 5.56 Å². The SMILES string of the molecule is O=C(c1ccc(Cl)c(C(F)(F)F)c1)C(F)(F)C(F)(F)F. The molecule has 0 aromatic heterocycles. The molecular formula is C10H3ClF8O. The van der Waals surface area contributed by atoms with Gasteiger partial charge in [-0.25, -0.2) is 0 Å². The van der Waals surface area contributed by atoms with Crippen molar-refractivity contribution in [1.29, 1.82) is 0 Å². The fourth-order valence-corrected chi connectivity index (χ4v) is 1.42. The van der Waals surface area contributed by atoms with Crippen molar-refractivity contribution in [3.63, 3.8) is 0 Å². The van der Waals surface area contributed by atoms with Gasteiger partial charge in [-0.15, -0.1) is 0 Å². The van der Waals surface area contributed by atoms with Crippen LogP contribution in [0.3, 0.4) is 0 Å². The number of hydrogen-bond donors (Lipinski definition) is 0. The Hall–Kier alpha value is -1.38. The van der Waals surface area contributed by atoms with Crippen molar-refractivity contribution in [3.8, 4) is 0 Å². The minimum atomic E-state index is -6.21. The Morgan fingerprint density at radius 2 is 1.45 bits per heavy atom. The van der Waals surface area contributed by atoms with Gasteiger partial charge in [-0.05, 0) is 18.2 Å². The fourth-order valence-electron chi connectivity index (χ4n) is 1.19. The Kier molecular flexibility index (Phi) is 4.06. The molecule has 0 saturated carbocycles. The van der Waals surface area contributed by atoms with Gasteiger partial charge in [0.15, 0.2) is 0 Å². The van der Waals surface area contributed by atoms with E-state index in [0.717, 1.165) is 0 Å². The summed E-state index contributed by atoms with van der Waals surface area (Å²) >= 11 is 5.15. The van der Waals surface area contributed by atoms with Crippen molar-refractivity contribution < 1.29 is 39.9 Å². The van der Waals surface area contributed by atoms with E-state index in [1.807, 2.05) is 0 Å². The molecule has 0 bridgehead atoms. The molecule has 1 aromatic rings. The third kappa shape index (κ3) is 3.02. The number of rotatable bonds is 2. The minimum Gasteiger partial charge on any atom is -0.287 e. The van der Waals surface area contributed by atoms with E-state index in [9.17, 15) is 39.9 Å². The van der Waals surface area contributed by atoms with E-state index in [-0.39, 0.29) is 6.07 Å². The quantitative estimate of drug-likeness (QED) is 0.567. The average Bonchev–Trinajstić information content (AvgIpc) is 2.25. The molecule has 0 unspecified atom stereocenters. The van der Waals surface area contributed by atoms with Crippen LogP contribution in [-0.2, 0) is 6.18 Å². The molecule has 0 radical (unpaired) electrons. The molecule has 0 N–H and O–H groups in total. The zero-order chi connectivity index (χ0) is 15.9. The lowest BCUT2D eigenvalue weighted by Crippen LogP contribution is -2.44. The van der Waals surface area contributed by atoms with Crippen molar-refractivity contribution in [2.24, 2.45) is 0 Å². The number of halogens is 9. The van der Waals surface area contributed by atoms with Crippen molar-refractivity contribution in [3.05, 3.63) is 34.3 Å². The molecule has 10 heteroatoms. The lowest BCUT2D eigenvalue weighted by atomic mass is 10.0. The Morgan fingerprint density at radius 1 is 0.950 bits per heavy atom. The van der Waals surface area contributed by atoms with Crippen LogP contribution >= 0.6 is 11.6 Å². The second-order valence-corrected chi connectivity index (χ2v) is 4.00. The standard InChI is InChI=1S/C10H3ClF8O/c11-6-2-1-4(3-5(6)9(14,15)16)7(20)8(12,13)10(17,18)19/h1-3H. The number of hydrogen-bond acceptors (Lipinski definition) is 1. The highest BCUT2D eigenvalue weighted by atomic mass is 35.5. The van der Waals surface area contributed by atoms with Gasteiger partial charge in [-0.1, -0.05) is 11.6 Å². The van der Waals surface area contributed by atoms with Crippen LogP contribution in [0.5, 0.6) is 0 Å². The van der Waals surface area contributed by atoms with E-state index in [1.54, 1.807) is 0 Å². The fraction of sp³-hybridized carbons (Fsp3) is 0.300. The highest BCUT2D eigenvalue weighted by Crippen LogP contribution is 2.40. The minimum absolute atomic E-state index is 0.148. The molecule has 1 nitrogen and oxygen atoms in total. The van der Waals surface area contributed by atoms with E-state index in [4.69, 9.17) is 11.6 Å². The zero-order valence-electron chi connectivity index (χ0n) is 9.04. The molecule has 0 atom stereocenters. The third-order valence-electron chi connectivity index (χ3n) is 2.18. The molecule has 0 aliphatic carbocycles. The number of ketones is 1. The van der Waals surface area contributed by atoms with E-state index in [1.165, 1.54) is 0 Å². The van der Waals surface area contributed by atoms with Gasteiger partial charge < -0.3 is 0 Å². The highest BCUT2D eigenvalue weighted by Gasteiger charge is 2.63. The molecule has 0 aliphatic rings.